The first-order chi connectivity index (χ1) is 8.13. The van der Waals surface area contributed by atoms with E-state index in [2.05, 4.69) is 0 Å². The molecule has 1 unspecified atom stereocenters. The zero-order valence-corrected chi connectivity index (χ0v) is 10.7. The Morgan fingerprint density at radius 1 is 0.944 bits per heavy atom. The predicted molar refractivity (Wildman–Crippen MR) is 59.4 cm³/mol. The number of alkyl halides is 4. The summed E-state index contributed by atoms with van der Waals surface area (Å²) >= 11 is 0. The van der Waals surface area contributed by atoms with Gasteiger partial charge in [-0.2, -0.15) is 21.6 Å². The van der Waals surface area contributed by atoms with Gasteiger partial charge in [0.2, 0.25) is 5.50 Å². The van der Waals surface area contributed by atoms with Gasteiger partial charge in [0.15, 0.2) is 0 Å². The van der Waals surface area contributed by atoms with Gasteiger partial charge in [0.1, 0.15) is 0 Å². The molecule has 0 fully saturated rings. The van der Waals surface area contributed by atoms with Crippen LogP contribution in [0.1, 0.15) is 51.4 Å². The molecule has 0 aromatic carbocycles. The second-order valence-corrected chi connectivity index (χ2v) is 5.74. The van der Waals surface area contributed by atoms with Gasteiger partial charge in [-0.25, -0.2) is 4.39 Å². The Morgan fingerprint density at radius 2 is 1.39 bits per heavy atom. The lowest BCUT2D eigenvalue weighted by molar-refractivity contribution is -0.135. The predicted octanol–water partition coefficient (Wildman–Crippen LogP) is 3.85. The maximum absolute atomic E-state index is 12.7. The largest absolute Gasteiger partial charge is 0.389 e. The van der Waals surface area contributed by atoms with E-state index in [1.54, 1.807) is 0 Å². The molecule has 0 aromatic heterocycles. The molecular weight excluding hydrogens is 276 g/mol. The maximum Gasteiger partial charge on any atom is 0.389 e. The smallest absolute Gasteiger partial charge is 0.283 e. The van der Waals surface area contributed by atoms with Crippen LogP contribution < -0.4 is 0 Å². The van der Waals surface area contributed by atoms with Crippen molar-refractivity contribution >= 4 is 10.1 Å². The fraction of sp³-hybridized carbons (Fsp3) is 1.00. The molecule has 0 radical (unpaired) electrons. The SMILES string of the molecule is O=S(=O)(O)C(F)CCCCCCCCC(F)(F)F. The van der Waals surface area contributed by atoms with E-state index in [1.807, 2.05) is 0 Å². The summed E-state index contributed by atoms with van der Waals surface area (Å²) in [6.07, 6.45) is -2.56. The molecule has 1 atom stereocenters. The van der Waals surface area contributed by atoms with Crippen LogP contribution in [-0.2, 0) is 10.1 Å². The molecule has 0 rings (SSSR count). The Morgan fingerprint density at radius 3 is 1.83 bits per heavy atom. The highest BCUT2D eigenvalue weighted by molar-refractivity contribution is 7.86. The van der Waals surface area contributed by atoms with E-state index < -0.39 is 28.2 Å². The molecule has 0 saturated carbocycles. The van der Waals surface area contributed by atoms with Crippen molar-refractivity contribution in [3.8, 4) is 0 Å². The third kappa shape index (κ3) is 10.8. The zero-order chi connectivity index (χ0) is 14.2. The van der Waals surface area contributed by atoms with Gasteiger partial charge in [0, 0.05) is 6.42 Å². The highest BCUT2D eigenvalue weighted by Crippen LogP contribution is 2.23. The minimum absolute atomic E-state index is 0.0836. The Hall–Kier alpha value is -0.370. The average molecular weight is 294 g/mol. The van der Waals surface area contributed by atoms with E-state index in [0.29, 0.717) is 32.1 Å². The van der Waals surface area contributed by atoms with Gasteiger partial charge >= 0.3 is 6.18 Å². The Balaban J connectivity index is 3.37. The summed E-state index contributed by atoms with van der Waals surface area (Å²) in [5.41, 5.74) is -2.26. The van der Waals surface area contributed by atoms with E-state index in [-0.39, 0.29) is 12.8 Å². The van der Waals surface area contributed by atoms with Crippen molar-refractivity contribution in [3.05, 3.63) is 0 Å². The molecule has 18 heavy (non-hydrogen) atoms. The number of unbranched alkanes of at least 4 members (excludes halogenated alkanes) is 5. The number of hydrogen-bond acceptors (Lipinski definition) is 2. The summed E-state index contributed by atoms with van der Waals surface area (Å²) in [6, 6.07) is 0. The summed E-state index contributed by atoms with van der Waals surface area (Å²) in [5, 5.41) is 0. The van der Waals surface area contributed by atoms with Crippen LogP contribution in [0.2, 0.25) is 0 Å². The minimum Gasteiger partial charge on any atom is -0.283 e. The normalized spacial score (nSPS) is 14.7. The Bertz CT molecular complexity index is 314. The minimum atomic E-state index is -4.61. The third-order valence-corrected chi connectivity index (χ3v) is 3.35. The van der Waals surface area contributed by atoms with Gasteiger partial charge in [-0.3, -0.25) is 4.55 Å². The number of rotatable bonds is 9. The first-order valence-electron chi connectivity index (χ1n) is 5.80. The van der Waals surface area contributed by atoms with Gasteiger partial charge in [0.05, 0.1) is 0 Å². The van der Waals surface area contributed by atoms with E-state index in [0.717, 1.165) is 0 Å². The molecule has 0 aliphatic heterocycles. The quantitative estimate of drug-likeness (QED) is 0.399. The standard InChI is InChI=1S/C10H18F4O3S/c11-9(18(15,16)17)7-5-3-1-2-4-6-8-10(12,13)14/h9H,1-8H2,(H,15,16,17). The lowest BCUT2D eigenvalue weighted by Gasteiger charge is -2.06. The summed E-state index contributed by atoms with van der Waals surface area (Å²) < 4.78 is 76.9. The van der Waals surface area contributed by atoms with Crippen LogP contribution in [0.15, 0.2) is 0 Å². The van der Waals surface area contributed by atoms with Crippen LogP contribution >= 0.6 is 0 Å². The van der Waals surface area contributed by atoms with Gasteiger partial charge in [-0.15, -0.1) is 0 Å². The van der Waals surface area contributed by atoms with Crippen LogP contribution in [0.4, 0.5) is 17.6 Å². The van der Waals surface area contributed by atoms with Crippen LogP contribution in [0.25, 0.3) is 0 Å². The molecule has 0 saturated heterocycles. The molecule has 0 amide bonds. The fourth-order valence-corrected chi connectivity index (χ4v) is 1.95. The van der Waals surface area contributed by atoms with Crippen molar-refractivity contribution in [2.45, 2.75) is 63.0 Å². The first kappa shape index (κ1) is 17.6. The van der Waals surface area contributed by atoms with Crippen molar-refractivity contribution in [1.82, 2.24) is 0 Å². The van der Waals surface area contributed by atoms with Crippen LogP contribution in [-0.4, -0.2) is 24.7 Å². The summed E-state index contributed by atoms with van der Waals surface area (Å²) in [7, 11) is -4.61. The second-order valence-electron chi connectivity index (χ2n) is 4.20. The summed E-state index contributed by atoms with van der Waals surface area (Å²) in [5.74, 6) is 0. The van der Waals surface area contributed by atoms with Gasteiger partial charge in [-0.1, -0.05) is 25.7 Å². The lowest BCUT2D eigenvalue weighted by Crippen LogP contribution is -2.14. The molecule has 0 bridgehead atoms. The average Bonchev–Trinajstić information content (AvgIpc) is 2.18. The van der Waals surface area contributed by atoms with Crippen molar-refractivity contribution < 1.29 is 30.5 Å². The molecule has 1 N–H and O–H groups in total. The molecule has 110 valence electrons. The zero-order valence-electron chi connectivity index (χ0n) is 9.92. The fourth-order valence-electron chi connectivity index (χ4n) is 1.49. The molecule has 0 aliphatic carbocycles. The third-order valence-electron chi connectivity index (χ3n) is 2.46. The highest BCUT2D eigenvalue weighted by Gasteiger charge is 2.25. The monoisotopic (exact) mass is 294 g/mol. The molecule has 0 aliphatic rings. The van der Waals surface area contributed by atoms with E-state index in [4.69, 9.17) is 4.55 Å². The second kappa shape index (κ2) is 7.93. The van der Waals surface area contributed by atoms with Crippen molar-refractivity contribution in [1.29, 1.82) is 0 Å². The first-order valence-corrected chi connectivity index (χ1v) is 7.30. The Labute approximate surface area is 104 Å². The van der Waals surface area contributed by atoms with Crippen molar-refractivity contribution in [3.63, 3.8) is 0 Å². The molecular formula is C10H18F4O3S. The van der Waals surface area contributed by atoms with Gasteiger partial charge < -0.3 is 0 Å². The highest BCUT2D eigenvalue weighted by atomic mass is 32.2. The van der Waals surface area contributed by atoms with Crippen LogP contribution in [0.5, 0.6) is 0 Å². The van der Waals surface area contributed by atoms with E-state index >= 15 is 0 Å². The maximum atomic E-state index is 12.7. The van der Waals surface area contributed by atoms with Crippen LogP contribution in [0.3, 0.4) is 0 Å². The van der Waals surface area contributed by atoms with Gasteiger partial charge in [0.25, 0.3) is 10.1 Å². The summed E-state index contributed by atoms with van der Waals surface area (Å²) in [4.78, 5) is 0. The summed E-state index contributed by atoms with van der Waals surface area (Å²) in [6.45, 7) is 0. The Kier molecular flexibility index (Phi) is 7.77. The van der Waals surface area contributed by atoms with E-state index in [1.165, 1.54) is 0 Å². The number of halogens is 4. The van der Waals surface area contributed by atoms with E-state index in [9.17, 15) is 26.0 Å². The van der Waals surface area contributed by atoms with Crippen molar-refractivity contribution in [2.24, 2.45) is 0 Å². The topological polar surface area (TPSA) is 54.4 Å². The molecule has 0 spiro atoms. The van der Waals surface area contributed by atoms with Crippen molar-refractivity contribution in [2.75, 3.05) is 0 Å². The molecule has 8 heteroatoms. The van der Waals surface area contributed by atoms with Gasteiger partial charge in [-0.05, 0) is 19.3 Å². The molecule has 0 heterocycles. The van der Waals surface area contributed by atoms with Crippen LogP contribution in [0, 0.1) is 0 Å². The molecule has 3 nitrogen and oxygen atoms in total. The number of hydrogen-bond donors (Lipinski definition) is 1. The lowest BCUT2D eigenvalue weighted by atomic mass is 10.1. The molecule has 0 aromatic rings.